The van der Waals surface area contributed by atoms with Gasteiger partial charge in [0.1, 0.15) is 11.5 Å². The number of amides is 1. The van der Waals surface area contributed by atoms with Crippen molar-refractivity contribution in [1.82, 2.24) is 19.6 Å². The topological polar surface area (TPSA) is 64.7 Å². The van der Waals surface area contributed by atoms with Crippen LogP contribution in [0.2, 0.25) is 5.02 Å². The third-order valence-corrected chi connectivity index (χ3v) is 4.67. The highest BCUT2D eigenvalue weighted by Gasteiger charge is 2.35. The van der Waals surface area contributed by atoms with Crippen molar-refractivity contribution < 1.29 is 22.4 Å². The largest absolute Gasteiger partial charge is 0.435 e. The zero-order chi connectivity index (χ0) is 20.6. The van der Waals surface area contributed by atoms with E-state index in [0.29, 0.717) is 10.5 Å². The first-order chi connectivity index (χ1) is 13.1. The molecule has 12 heteroatoms. The van der Waals surface area contributed by atoms with Crippen LogP contribution in [0.4, 0.5) is 23.4 Å². The molecule has 0 saturated carbocycles. The molecule has 0 aliphatic rings. The molecule has 0 bridgehead atoms. The molecule has 0 atom stereocenters. The lowest BCUT2D eigenvalue weighted by molar-refractivity contribution is -0.141. The number of rotatable bonds is 4. The molecule has 0 unspecified atom stereocenters. The van der Waals surface area contributed by atoms with Crippen LogP contribution in [0.1, 0.15) is 21.7 Å². The van der Waals surface area contributed by atoms with Crippen LogP contribution in [0.3, 0.4) is 0 Å². The van der Waals surface area contributed by atoms with Crippen LogP contribution in [0.15, 0.2) is 34.9 Å². The summed E-state index contributed by atoms with van der Waals surface area (Å²) in [5, 5.41) is 9.99. The summed E-state index contributed by atoms with van der Waals surface area (Å²) in [6, 6.07) is 4.89. The summed E-state index contributed by atoms with van der Waals surface area (Å²) >= 11 is 9.18. The van der Waals surface area contributed by atoms with E-state index in [0.717, 1.165) is 4.68 Å². The van der Waals surface area contributed by atoms with Gasteiger partial charge in [0, 0.05) is 29.9 Å². The summed E-state index contributed by atoms with van der Waals surface area (Å²) in [4.78, 5) is 12.3. The second-order valence-electron chi connectivity index (χ2n) is 5.71. The van der Waals surface area contributed by atoms with Gasteiger partial charge in [-0.1, -0.05) is 17.7 Å². The van der Waals surface area contributed by atoms with Crippen LogP contribution >= 0.6 is 27.5 Å². The van der Waals surface area contributed by atoms with Gasteiger partial charge < -0.3 is 5.32 Å². The summed E-state index contributed by atoms with van der Waals surface area (Å²) in [7, 11) is 1.22. The molecular weight excluding hydrogens is 470 g/mol. The monoisotopic (exact) mass is 479 g/mol. The van der Waals surface area contributed by atoms with Crippen molar-refractivity contribution in [1.29, 1.82) is 0 Å². The molecule has 148 valence electrons. The molecule has 0 aliphatic heterocycles. The van der Waals surface area contributed by atoms with Crippen LogP contribution in [0, 0.1) is 5.82 Å². The molecule has 28 heavy (non-hydrogen) atoms. The average Bonchev–Trinajstić information content (AvgIpc) is 3.14. The number of carbonyl (C=O) groups excluding carboxylic acids is 1. The molecule has 0 fully saturated rings. The van der Waals surface area contributed by atoms with Gasteiger partial charge in [-0.3, -0.25) is 14.2 Å². The molecule has 1 amide bonds. The number of halogens is 6. The standard InChI is InChI=1S/C16H11BrClF4N5O/c1-26-12(5-13(24-26)16(20,21)22)15(28)23-14-9(17)7-27(25-14)6-8-10(18)3-2-4-11(8)19/h2-5,7H,6H2,1H3,(H,23,25,28). The Hall–Kier alpha value is -2.40. The third-order valence-electron chi connectivity index (χ3n) is 3.73. The molecule has 0 aliphatic carbocycles. The fourth-order valence-electron chi connectivity index (χ4n) is 2.40. The number of aryl methyl sites for hydroxylation is 1. The van der Waals surface area contributed by atoms with E-state index < -0.39 is 23.6 Å². The lowest BCUT2D eigenvalue weighted by Crippen LogP contribution is -2.17. The highest BCUT2D eigenvalue weighted by atomic mass is 79.9. The molecule has 1 aromatic carbocycles. The lowest BCUT2D eigenvalue weighted by atomic mass is 10.2. The molecule has 1 N–H and O–H groups in total. The second-order valence-corrected chi connectivity index (χ2v) is 6.98. The predicted molar refractivity (Wildman–Crippen MR) is 96.6 cm³/mol. The van der Waals surface area contributed by atoms with Gasteiger partial charge in [-0.05, 0) is 28.1 Å². The van der Waals surface area contributed by atoms with Gasteiger partial charge in [0.25, 0.3) is 5.91 Å². The minimum Gasteiger partial charge on any atom is -0.303 e. The van der Waals surface area contributed by atoms with Gasteiger partial charge in [0.2, 0.25) is 0 Å². The first kappa shape index (κ1) is 20.3. The van der Waals surface area contributed by atoms with Crippen LogP contribution in [-0.2, 0) is 19.8 Å². The molecule has 0 spiro atoms. The maximum absolute atomic E-state index is 13.9. The van der Waals surface area contributed by atoms with Crippen molar-refractivity contribution in [2.75, 3.05) is 5.32 Å². The first-order valence-corrected chi connectivity index (χ1v) is 8.82. The summed E-state index contributed by atoms with van der Waals surface area (Å²) in [5.74, 6) is -1.30. The van der Waals surface area contributed by atoms with E-state index in [9.17, 15) is 22.4 Å². The molecule has 0 saturated heterocycles. The normalized spacial score (nSPS) is 11.7. The molecule has 3 aromatic rings. The van der Waals surface area contributed by atoms with Crippen molar-refractivity contribution in [3.63, 3.8) is 0 Å². The second kappa shape index (κ2) is 7.55. The minimum atomic E-state index is -4.67. The van der Waals surface area contributed by atoms with Crippen molar-refractivity contribution in [2.45, 2.75) is 12.7 Å². The Kier molecular flexibility index (Phi) is 5.48. The van der Waals surface area contributed by atoms with Crippen LogP contribution in [0.25, 0.3) is 0 Å². The molecular formula is C16H11BrClF4N5O. The minimum absolute atomic E-state index is 0.0100. The lowest BCUT2D eigenvalue weighted by Gasteiger charge is -2.06. The van der Waals surface area contributed by atoms with Crippen LogP contribution in [-0.4, -0.2) is 25.5 Å². The smallest absolute Gasteiger partial charge is 0.303 e. The summed E-state index contributed by atoms with van der Waals surface area (Å²) < 4.78 is 54.6. The van der Waals surface area contributed by atoms with E-state index in [2.05, 4.69) is 31.4 Å². The predicted octanol–water partition coefficient (Wildman–Crippen LogP) is 4.49. The Morgan fingerprint density at radius 3 is 2.64 bits per heavy atom. The zero-order valence-electron chi connectivity index (χ0n) is 14.1. The number of hydrogen-bond donors (Lipinski definition) is 1. The van der Waals surface area contributed by atoms with E-state index >= 15 is 0 Å². The van der Waals surface area contributed by atoms with E-state index in [4.69, 9.17) is 11.6 Å². The van der Waals surface area contributed by atoms with Gasteiger partial charge in [-0.2, -0.15) is 23.4 Å². The number of anilines is 1. The Morgan fingerprint density at radius 2 is 2.04 bits per heavy atom. The maximum Gasteiger partial charge on any atom is 0.435 e. The van der Waals surface area contributed by atoms with Crippen LogP contribution in [0.5, 0.6) is 0 Å². The number of nitrogens with zero attached hydrogens (tertiary/aromatic N) is 4. The first-order valence-electron chi connectivity index (χ1n) is 7.64. The summed E-state index contributed by atoms with van der Waals surface area (Å²) in [5.41, 5.74) is -1.27. The Morgan fingerprint density at radius 1 is 1.32 bits per heavy atom. The summed E-state index contributed by atoms with van der Waals surface area (Å²) in [6.07, 6.45) is -3.19. The maximum atomic E-state index is 13.9. The van der Waals surface area contributed by atoms with E-state index in [-0.39, 0.29) is 28.6 Å². The fraction of sp³-hybridized carbons (Fsp3) is 0.188. The number of aromatic nitrogens is 4. The van der Waals surface area contributed by atoms with Crippen molar-refractivity contribution in [3.8, 4) is 0 Å². The van der Waals surface area contributed by atoms with Gasteiger partial charge in [0.15, 0.2) is 11.5 Å². The van der Waals surface area contributed by atoms with E-state index in [1.807, 2.05) is 0 Å². The highest BCUT2D eigenvalue weighted by molar-refractivity contribution is 9.10. The SMILES string of the molecule is Cn1nc(C(F)(F)F)cc1C(=O)Nc1nn(Cc2c(F)cccc2Cl)cc1Br. The molecule has 3 rings (SSSR count). The summed E-state index contributed by atoms with van der Waals surface area (Å²) in [6.45, 7) is -0.0100. The number of alkyl halides is 3. The molecule has 0 radical (unpaired) electrons. The number of nitrogens with one attached hydrogen (secondary N) is 1. The number of hydrogen-bond acceptors (Lipinski definition) is 3. The zero-order valence-corrected chi connectivity index (χ0v) is 16.4. The van der Waals surface area contributed by atoms with Gasteiger partial charge in [0.05, 0.1) is 11.0 Å². The number of benzene rings is 1. The Labute approximate surface area is 169 Å². The number of carbonyl (C=O) groups is 1. The van der Waals surface area contributed by atoms with Crippen molar-refractivity contribution in [3.05, 3.63) is 62.7 Å². The van der Waals surface area contributed by atoms with E-state index in [1.54, 1.807) is 0 Å². The highest BCUT2D eigenvalue weighted by Crippen LogP contribution is 2.29. The van der Waals surface area contributed by atoms with Crippen molar-refractivity contribution >= 4 is 39.3 Å². The van der Waals surface area contributed by atoms with E-state index in [1.165, 1.54) is 36.1 Å². The fourth-order valence-corrected chi connectivity index (χ4v) is 3.04. The Bertz CT molecular complexity index is 1030. The average molecular weight is 481 g/mol. The van der Waals surface area contributed by atoms with Crippen LogP contribution < -0.4 is 5.32 Å². The third kappa shape index (κ3) is 4.20. The van der Waals surface area contributed by atoms with Crippen molar-refractivity contribution in [2.24, 2.45) is 7.05 Å². The quantitative estimate of drug-likeness (QED) is 0.560. The molecule has 6 nitrogen and oxygen atoms in total. The van der Waals surface area contributed by atoms with Gasteiger partial charge in [-0.25, -0.2) is 4.39 Å². The molecule has 2 aromatic heterocycles. The van der Waals surface area contributed by atoms with Gasteiger partial charge in [-0.15, -0.1) is 0 Å². The van der Waals surface area contributed by atoms with Gasteiger partial charge >= 0.3 is 6.18 Å². The molecule has 2 heterocycles. The Balaban J connectivity index is 1.81.